The van der Waals surface area contributed by atoms with Crippen LogP contribution in [-0.2, 0) is 36.8 Å². The Morgan fingerprint density at radius 2 is 1.56 bits per heavy atom. The van der Waals surface area contributed by atoms with Gasteiger partial charge in [-0.25, -0.2) is 9.78 Å². The van der Waals surface area contributed by atoms with E-state index >= 15 is 0 Å². The van der Waals surface area contributed by atoms with Crippen molar-refractivity contribution in [3.05, 3.63) is 54.1 Å². The third kappa shape index (κ3) is 11.2. The molecule has 0 aliphatic rings. The predicted molar refractivity (Wildman–Crippen MR) is 144 cm³/mol. The summed E-state index contributed by atoms with van der Waals surface area (Å²) < 4.78 is 0. The van der Waals surface area contributed by atoms with E-state index in [0.717, 1.165) is 5.56 Å². The first-order chi connectivity index (χ1) is 18.6. The molecule has 0 spiro atoms. The summed E-state index contributed by atoms with van der Waals surface area (Å²) in [6.07, 6.45) is 4.25. The first-order valence-electron chi connectivity index (χ1n) is 12.2. The van der Waals surface area contributed by atoms with Crippen molar-refractivity contribution >= 4 is 41.4 Å². The predicted octanol–water partition coefficient (Wildman–Crippen LogP) is -0.321. The lowest BCUT2D eigenvalue weighted by atomic mass is 10.0. The second-order valence-corrected chi connectivity index (χ2v) is 9.80. The molecule has 1 aromatic carbocycles. The van der Waals surface area contributed by atoms with Crippen molar-refractivity contribution < 1.29 is 34.2 Å². The second kappa shape index (κ2) is 16.1. The molecular formula is C25H34N6O7S. The quantitative estimate of drug-likeness (QED) is 0.133. The van der Waals surface area contributed by atoms with Gasteiger partial charge in [-0.15, -0.1) is 0 Å². The molecule has 13 nitrogen and oxygen atoms in total. The molecule has 1 aromatic heterocycles. The Kier molecular flexibility index (Phi) is 13.0. The molecule has 0 aliphatic heterocycles. The summed E-state index contributed by atoms with van der Waals surface area (Å²) >= 11 is 1.42. The molecule has 2 aromatic rings. The van der Waals surface area contributed by atoms with E-state index < -0.39 is 60.2 Å². The highest BCUT2D eigenvalue weighted by molar-refractivity contribution is 7.98. The van der Waals surface area contributed by atoms with Crippen molar-refractivity contribution in [2.45, 2.75) is 56.3 Å². The molecule has 4 atom stereocenters. The number of aliphatic carboxylic acids is 2. The van der Waals surface area contributed by atoms with Crippen molar-refractivity contribution in [3.63, 3.8) is 0 Å². The smallest absolute Gasteiger partial charge is 0.326 e. The zero-order valence-corrected chi connectivity index (χ0v) is 22.3. The first kappa shape index (κ1) is 31.3. The Bertz CT molecular complexity index is 1100. The monoisotopic (exact) mass is 562 g/mol. The summed E-state index contributed by atoms with van der Waals surface area (Å²) in [6, 6.07) is 4.27. The number of nitrogens with one attached hydrogen (secondary N) is 4. The number of hydrogen-bond donors (Lipinski definition) is 7. The molecule has 14 heteroatoms. The number of rotatable bonds is 17. The number of hydrogen-bond acceptors (Lipinski definition) is 8. The van der Waals surface area contributed by atoms with Gasteiger partial charge in [0.15, 0.2) is 0 Å². The Hall–Kier alpha value is -3.91. The Morgan fingerprint density at radius 1 is 0.923 bits per heavy atom. The van der Waals surface area contributed by atoms with E-state index in [1.165, 1.54) is 24.3 Å². The summed E-state index contributed by atoms with van der Waals surface area (Å²) in [7, 11) is 0. The number of imidazole rings is 1. The van der Waals surface area contributed by atoms with Crippen LogP contribution in [0.3, 0.4) is 0 Å². The van der Waals surface area contributed by atoms with E-state index in [4.69, 9.17) is 10.8 Å². The number of carboxylic acids is 2. The lowest BCUT2D eigenvalue weighted by molar-refractivity contribution is -0.142. The molecule has 0 radical (unpaired) electrons. The van der Waals surface area contributed by atoms with Crippen LogP contribution in [0.4, 0.5) is 0 Å². The minimum absolute atomic E-state index is 0.0560. The average Bonchev–Trinajstić information content (AvgIpc) is 3.41. The summed E-state index contributed by atoms with van der Waals surface area (Å²) in [4.78, 5) is 68.6. The zero-order chi connectivity index (χ0) is 28.8. The number of aromatic amines is 1. The van der Waals surface area contributed by atoms with Crippen LogP contribution < -0.4 is 21.7 Å². The Labute approximate surface area is 229 Å². The van der Waals surface area contributed by atoms with Gasteiger partial charge in [0.05, 0.1) is 12.4 Å². The summed E-state index contributed by atoms with van der Waals surface area (Å²) in [6.45, 7) is 0. The average molecular weight is 563 g/mol. The molecule has 0 saturated heterocycles. The molecule has 0 saturated carbocycles. The number of aromatic nitrogens is 2. The summed E-state index contributed by atoms with van der Waals surface area (Å²) in [5.41, 5.74) is 7.32. The van der Waals surface area contributed by atoms with Gasteiger partial charge < -0.3 is 36.9 Å². The maximum atomic E-state index is 13.2. The van der Waals surface area contributed by atoms with E-state index in [9.17, 15) is 29.1 Å². The number of amides is 3. The molecule has 4 unspecified atom stereocenters. The molecule has 1 heterocycles. The number of nitrogens with zero attached hydrogens (tertiary/aromatic N) is 1. The number of H-pyrrole nitrogens is 1. The third-order valence-electron chi connectivity index (χ3n) is 5.75. The lowest BCUT2D eigenvalue weighted by Crippen LogP contribution is -2.58. The van der Waals surface area contributed by atoms with Gasteiger partial charge in [0, 0.05) is 24.7 Å². The molecule has 212 valence electrons. The Balaban J connectivity index is 2.17. The van der Waals surface area contributed by atoms with Crippen LogP contribution in [0.2, 0.25) is 0 Å². The number of thioether (sulfide) groups is 1. The fourth-order valence-electron chi connectivity index (χ4n) is 3.64. The molecule has 3 amide bonds. The molecular weight excluding hydrogens is 528 g/mol. The molecule has 8 N–H and O–H groups in total. The number of benzene rings is 1. The minimum atomic E-state index is -1.31. The number of carbonyl (C=O) groups excluding carboxylic acids is 3. The lowest BCUT2D eigenvalue weighted by Gasteiger charge is -2.25. The van der Waals surface area contributed by atoms with Gasteiger partial charge in [-0.3, -0.25) is 19.2 Å². The molecule has 0 bridgehead atoms. The van der Waals surface area contributed by atoms with E-state index in [1.54, 1.807) is 30.5 Å². The van der Waals surface area contributed by atoms with Crippen LogP contribution in [0, 0.1) is 0 Å². The second-order valence-electron chi connectivity index (χ2n) is 8.81. The number of carboxylic acid groups (broad SMARTS) is 2. The van der Waals surface area contributed by atoms with Crippen molar-refractivity contribution in [1.29, 1.82) is 0 Å². The molecule has 2 rings (SSSR count). The van der Waals surface area contributed by atoms with Crippen LogP contribution in [0.25, 0.3) is 0 Å². The van der Waals surface area contributed by atoms with Crippen LogP contribution in [0.5, 0.6) is 0 Å². The van der Waals surface area contributed by atoms with Gasteiger partial charge in [-0.2, -0.15) is 11.8 Å². The van der Waals surface area contributed by atoms with Gasteiger partial charge in [-0.05, 0) is 36.8 Å². The third-order valence-corrected chi connectivity index (χ3v) is 6.40. The normalized spacial score (nSPS) is 13.9. The van der Waals surface area contributed by atoms with Gasteiger partial charge in [0.2, 0.25) is 17.7 Å². The van der Waals surface area contributed by atoms with Crippen LogP contribution in [-0.4, -0.2) is 86.0 Å². The molecule has 39 heavy (non-hydrogen) atoms. The van der Waals surface area contributed by atoms with Gasteiger partial charge in [0.1, 0.15) is 18.1 Å². The number of nitrogens with two attached hydrogens (primary N) is 1. The van der Waals surface area contributed by atoms with Gasteiger partial charge in [-0.1, -0.05) is 30.3 Å². The summed E-state index contributed by atoms with van der Waals surface area (Å²) in [5, 5.41) is 26.1. The maximum absolute atomic E-state index is 13.2. The van der Waals surface area contributed by atoms with Crippen molar-refractivity contribution in [2.75, 3.05) is 12.0 Å². The van der Waals surface area contributed by atoms with E-state index in [0.29, 0.717) is 11.4 Å². The van der Waals surface area contributed by atoms with Crippen LogP contribution >= 0.6 is 11.8 Å². The highest BCUT2D eigenvalue weighted by Crippen LogP contribution is 2.07. The Morgan fingerprint density at radius 3 is 2.15 bits per heavy atom. The number of carbonyl (C=O) groups is 5. The van der Waals surface area contributed by atoms with Gasteiger partial charge >= 0.3 is 11.9 Å². The van der Waals surface area contributed by atoms with Crippen molar-refractivity contribution in [3.8, 4) is 0 Å². The summed E-state index contributed by atoms with van der Waals surface area (Å²) in [5.74, 6) is -4.14. The molecule has 0 fully saturated rings. The minimum Gasteiger partial charge on any atom is -0.481 e. The maximum Gasteiger partial charge on any atom is 0.326 e. The van der Waals surface area contributed by atoms with Crippen LogP contribution in [0.1, 0.15) is 30.5 Å². The van der Waals surface area contributed by atoms with E-state index in [2.05, 4.69) is 25.9 Å². The van der Waals surface area contributed by atoms with Crippen molar-refractivity contribution in [1.82, 2.24) is 25.9 Å². The first-order valence-corrected chi connectivity index (χ1v) is 13.6. The SMILES string of the molecule is CSCCC(NC(=O)C(Cc1cnc[nH]1)NC(=O)C(CCC(=O)O)NC(=O)C(N)Cc1ccccc1)C(=O)O. The fraction of sp³-hybridized carbons (Fsp3) is 0.440. The fourth-order valence-corrected chi connectivity index (χ4v) is 4.11. The highest BCUT2D eigenvalue weighted by Gasteiger charge is 2.31. The van der Waals surface area contributed by atoms with E-state index in [-0.39, 0.29) is 25.7 Å². The standard InChI is InChI=1S/C25H34N6O7S/c1-39-10-9-19(25(37)38)30-24(36)20(12-16-13-27-14-28-16)31-23(35)18(7-8-21(32)33)29-22(34)17(26)11-15-5-3-2-4-6-15/h2-6,13-14,17-20H,7-12,26H2,1H3,(H,27,28)(H,29,34)(H,30,36)(H,31,35)(H,32,33)(H,37,38). The van der Waals surface area contributed by atoms with Crippen molar-refractivity contribution in [2.24, 2.45) is 5.73 Å². The topological polar surface area (TPSA) is 217 Å². The van der Waals surface area contributed by atoms with Gasteiger partial charge in [0.25, 0.3) is 0 Å². The van der Waals surface area contributed by atoms with E-state index in [1.807, 2.05) is 6.07 Å². The zero-order valence-electron chi connectivity index (χ0n) is 21.5. The highest BCUT2D eigenvalue weighted by atomic mass is 32.2. The largest absolute Gasteiger partial charge is 0.481 e. The molecule has 0 aliphatic carbocycles. The van der Waals surface area contributed by atoms with Crippen LogP contribution in [0.15, 0.2) is 42.9 Å².